The van der Waals surface area contributed by atoms with Gasteiger partial charge in [0.2, 0.25) is 0 Å². The maximum atomic E-state index is 12.0. The van der Waals surface area contributed by atoms with Gasteiger partial charge in [-0.2, -0.15) is 0 Å². The van der Waals surface area contributed by atoms with Crippen LogP contribution in [0, 0.1) is 0 Å². The molecule has 1 aromatic carbocycles. The van der Waals surface area contributed by atoms with Gasteiger partial charge in [-0.25, -0.2) is 4.79 Å². The predicted molar refractivity (Wildman–Crippen MR) is 79.1 cm³/mol. The number of hydrogen-bond donors (Lipinski definition) is 2. The smallest absolute Gasteiger partial charge is 0.337 e. The minimum absolute atomic E-state index is 0.171. The highest BCUT2D eigenvalue weighted by Gasteiger charge is 2.32. The largest absolute Gasteiger partial charge is 0.508 e. The van der Waals surface area contributed by atoms with E-state index in [4.69, 9.17) is 17.0 Å². The summed E-state index contributed by atoms with van der Waals surface area (Å²) in [7, 11) is 3.14. The molecule has 0 amide bonds. The zero-order chi connectivity index (χ0) is 14.9. The fraction of sp³-hybridized carbons (Fsp3) is 0.286. The molecular formula is C14H16N2O3S. The molecule has 0 saturated heterocycles. The molecule has 0 unspecified atom stereocenters. The molecule has 0 saturated carbocycles. The molecule has 2 N–H and O–H groups in total. The van der Waals surface area contributed by atoms with Crippen LogP contribution >= 0.6 is 12.2 Å². The van der Waals surface area contributed by atoms with Gasteiger partial charge in [0.1, 0.15) is 5.75 Å². The highest BCUT2D eigenvalue weighted by Crippen LogP contribution is 2.31. The standard InChI is InChI=1S/C14H16N2O3S/c1-8-11(13(18)19-3)12(15-14(20)16(8)2)9-4-6-10(17)7-5-9/h4-7,12,17H,1-3H3,(H,15,20)/t12-/m1/s1. The van der Waals surface area contributed by atoms with E-state index in [0.717, 1.165) is 11.3 Å². The Kier molecular flexibility index (Phi) is 3.94. The van der Waals surface area contributed by atoms with Crippen LogP contribution < -0.4 is 5.32 Å². The summed E-state index contributed by atoms with van der Waals surface area (Å²) in [6, 6.07) is 6.26. The molecule has 1 heterocycles. The van der Waals surface area contributed by atoms with Crippen LogP contribution in [0.5, 0.6) is 5.75 Å². The fourth-order valence-electron chi connectivity index (χ4n) is 2.13. The number of hydrogen-bond acceptors (Lipinski definition) is 4. The summed E-state index contributed by atoms with van der Waals surface area (Å²) in [5.74, 6) is -0.230. The van der Waals surface area contributed by atoms with E-state index in [1.165, 1.54) is 7.11 Å². The summed E-state index contributed by atoms with van der Waals surface area (Å²) in [5, 5.41) is 13.0. The molecule has 1 aliphatic rings. The highest BCUT2D eigenvalue weighted by atomic mass is 32.1. The number of phenols is 1. The lowest BCUT2D eigenvalue weighted by Crippen LogP contribution is -2.46. The van der Waals surface area contributed by atoms with E-state index >= 15 is 0 Å². The summed E-state index contributed by atoms with van der Waals surface area (Å²) in [4.78, 5) is 13.8. The van der Waals surface area contributed by atoms with Crippen molar-refractivity contribution in [2.45, 2.75) is 13.0 Å². The Hall–Kier alpha value is -2.08. The lowest BCUT2D eigenvalue weighted by atomic mass is 9.95. The molecule has 6 heteroatoms. The monoisotopic (exact) mass is 292 g/mol. The normalized spacial score (nSPS) is 18.9. The molecule has 0 aromatic heterocycles. The van der Waals surface area contributed by atoms with E-state index < -0.39 is 5.97 Å². The molecule has 20 heavy (non-hydrogen) atoms. The minimum Gasteiger partial charge on any atom is -0.508 e. The van der Waals surface area contributed by atoms with Crippen molar-refractivity contribution < 1.29 is 14.6 Å². The second kappa shape index (κ2) is 5.50. The van der Waals surface area contributed by atoms with E-state index in [9.17, 15) is 9.90 Å². The fourth-order valence-corrected chi connectivity index (χ4v) is 2.38. The van der Waals surface area contributed by atoms with Gasteiger partial charge in [0, 0.05) is 12.7 Å². The number of thiocarbonyl (C=S) groups is 1. The Morgan fingerprint density at radius 3 is 2.55 bits per heavy atom. The molecule has 1 aliphatic heterocycles. The molecule has 2 rings (SSSR count). The van der Waals surface area contributed by atoms with Crippen LogP contribution in [0.25, 0.3) is 0 Å². The average molecular weight is 292 g/mol. The second-order valence-corrected chi connectivity index (χ2v) is 4.91. The number of esters is 1. The van der Waals surface area contributed by atoms with E-state index in [1.807, 2.05) is 6.92 Å². The van der Waals surface area contributed by atoms with E-state index in [0.29, 0.717) is 10.7 Å². The summed E-state index contributed by atoms with van der Waals surface area (Å²) < 4.78 is 4.86. The first kappa shape index (κ1) is 14.3. The molecule has 0 spiro atoms. The molecule has 5 nitrogen and oxygen atoms in total. The van der Waals surface area contributed by atoms with Gasteiger partial charge in [-0.1, -0.05) is 12.1 Å². The first-order valence-electron chi connectivity index (χ1n) is 6.08. The highest BCUT2D eigenvalue weighted by molar-refractivity contribution is 7.80. The first-order chi connectivity index (χ1) is 9.45. The Morgan fingerprint density at radius 2 is 2.00 bits per heavy atom. The Morgan fingerprint density at radius 1 is 1.40 bits per heavy atom. The van der Waals surface area contributed by atoms with Gasteiger partial charge in [0.25, 0.3) is 0 Å². The van der Waals surface area contributed by atoms with Crippen LogP contribution in [0.1, 0.15) is 18.5 Å². The van der Waals surface area contributed by atoms with Crippen LogP contribution in [0.4, 0.5) is 0 Å². The number of allylic oxidation sites excluding steroid dienone is 1. The van der Waals surface area contributed by atoms with Crippen LogP contribution in [0.3, 0.4) is 0 Å². The maximum absolute atomic E-state index is 12.0. The second-order valence-electron chi connectivity index (χ2n) is 4.52. The number of carbonyl (C=O) groups is 1. The number of ether oxygens (including phenoxy) is 1. The first-order valence-corrected chi connectivity index (χ1v) is 6.48. The number of carbonyl (C=O) groups excluding carboxylic acids is 1. The van der Waals surface area contributed by atoms with E-state index in [1.54, 1.807) is 36.2 Å². The molecule has 0 fully saturated rings. The number of aromatic hydroxyl groups is 1. The van der Waals surface area contributed by atoms with Crippen LogP contribution in [-0.4, -0.2) is 35.2 Å². The third-order valence-electron chi connectivity index (χ3n) is 3.39. The van der Waals surface area contributed by atoms with Gasteiger partial charge in [0.05, 0.1) is 18.7 Å². The van der Waals surface area contributed by atoms with Gasteiger partial charge in [0.15, 0.2) is 5.11 Å². The van der Waals surface area contributed by atoms with Gasteiger partial charge in [-0.15, -0.1) is 0 Å². The average Bonchev–Trinajstić information content (AvgIpc) is 2.44. The van der Waals surface area contributed by atoms with Crippen LogP contribution in [0.15, 0.2) is 35.5 Å². The maximum Gasteiger partial charge on any atom is 0.337 e. The Labute approximate surface area is 122 Å². The lowest BCUT2D eigenvalue weighted by molar-refractivity contribution is -0.136. The SMILES string of the molecule is COC(=O)C1=C(C)N(C)C(=S)N[C@@H]1c1ccc(O)cc1. The number of phenolic OH excluding ortho intramolecular Hbond substituents is 1. The van der Waals surface area contributed by atoms with E-state index in [-0.39, 0.29) is 11.8 Å². The molecule has 0 aliphatic carbocycles. The molecule has 1 atom stereocenters. The van der Waals surface area contributed by atoms with Crippen LogP contribution in [0.2, 0.25) is 0 Å². The predicted octanol–water partition coefficient (Wildman–Crippen LogP) is 1.70. The molecule has 106 valence electrons. The zero-order valence-corrected chi connectivity index (χ0v) is 12.3. The lowest BCUT2D eigenvalue weighted by Gasteiger charge is -2.35. The number of methoxy groups -OCH3 is 1. The summed E-state index contributed by atoms with van der Waals surface area (Å²) in [6.45, 7) is 1.83. The number of nitrogens with zero attached hydrogens (tertiary/aromatic N) is 1. The van der Waals surface area contributed by atoms with Gasteiger partial charge >= 0.3 is 5.97 Å². The number of rotatable bonds is 2. The van der Waals surface area contributed by atoms with Gasteiger partial charge in [-0.3, -0.25) is 0 Å². The van der Waals surface area contributed by atoms with Crippen molar-refractivity contribution in [2.75, 3.05) is 14.2 Å². The topological polar surface area (TPSA) is 61.8 Å². The summed E-state index contributed by atoms with van der Waals surface area (Å²) in [5.41, 5.74) is 2.09. The van der Waals surface area contributed by atoms with Crippen LogP contribution in [-0.2, 0) is 9.53 Å². The van der Waals surface area contributed by atoms with Crippen molar-refractivity contribution >= 4 is 23.3 Å². The van der Waals surface area contributed by atoms with Crippen molar-refractivity contribution in [3.63, 3.8) is 0 Å². The number of nitrogens with one attached hydrogen (secondary N) is 1. The number of benzene rings is 1. The third-order valence-corrected chi connectivity index (χ3v) is 3.78. The third kappa shape index (κ3) is 2.46. The van der Waals surface area contributed by atoms with Gasteiger partial charge < -0.3 is 20.1 Å². The Balaban J connectivity index is 2.51. The minimum atomic E-state index is -0.401. The van der Waals surface area contributed by atoms with Crippen molar-refractivity contribution in [3.8, 4) is 5.75 Å². The van der Waals surface area contributed by atoms with Gasteiger partial charge in [-0.05, 0) is 36.8 Å². The summed E-state index contributed by atoms with van der Waals surface area (Å²) >= 11 is 5.26. The van der Waals surface area contributed by atoms with Crippen molar-refractivity contribution in [3.05, 3.63) is 41.1 Å². The quantitative estimate of drug-likeness (QED) is 0.639. The van der Waals surface area contributed by atoms with Crippen molar-refractivity contribution in [1.29, 1.82) is 0 Å². The molecule has 0 radical (unpaired) electrons. The Bertz CT molecular complexity index is 581. The zero-order valence-electron chi connectivity index (χ0n) is 11.5. The van der Waals surface area contributed by atoms with Crippen molar-refractivity contribution in [2.24, 2.45) is 0 Å². The van der Waals surface area contributed by atoms with Crippen molar-refractivity contribution in [1.82, 2.24) is 10.2 Å². The molecular weight excluding hydrogens is 276 g/mol. The molecule has 0 bridgehead atoms. The molecule has 1 aromatic rings. The van der Waals surface area contributed by atoms with E-state index in [2.05, 4.69) is 5.32 Å². The summed E-state index contributed by atoms with van der Waals surface area (Å²) in [6.07, 6.45) is 0.